The summed E-state index contributed by atoms with van der Waals surface area (Å²) in [5.74, 6) is 2.56. The molecule has 0 aliphatic carbocycles. The van der Waals surface area contributed by atoms with E-state index in [1.165, 1.54) is 12.9 Å². The molecule has 2 aliphatic heterocycles. The lowest BCUT2D eigenvalue weighted by Gasteiger charge is -2.16. The molecule has 0 aromatic carbocycles. The lowest BCUT2D eigenvalue weighted by atomic mass is 10.1. The van der Waals surface area contributed by atoms with E-state index in [0.29, 0.717) is 18.9 Å². The lowest BCUT2D eigenvalue weighted by molar-refractivity contribution is -0.144. The zero-order valence-electron chi connectivity index (χ0n) is 8.81. The van der Waals surface area contributed by atoms with Gasteiger partial charge in [-0.15, -0.1) is 0 Å². The van der Waals surface area contributed by atoms with Gasteiger partial charge in [0, 0.05) is 11.7 Å². The Kier molecular flexibility index (Phi) is 3.88. The summed E-state index contributed by atoms with van der Waals surface area (Å²) in [6, 6.07) is 0. The van der Waals surface area contributed by atoms with Crippen molar-refractivity contribution in [3.05, 3.63) is 0 Å². The molecule has 2 fully saturated rings. The van der Waals surface area contributed by atoms with Crippen LogP contribution in [0.4, 0.5) is 0 Å². The highest BCUT2D eigenvalue weighted by atomic mass is 32.2. The fourth-order valence-corrected chi connectivity index (χ4v) is 3.12. The predicted molar refractivity (Wildman–Crippen MR) is 56.7 cm³/mol. The monoisotopic (exact) mass is 232 g/mol. The third-order valence-electron chi connectivity index (χ3n) is 2.74. The van der Waals surface area contributed by atoms with Crippen molar-refractivity contribution in [2.45, 2.75) is 25.2 Å². The van der Waals surface area contributed by atoms with Gasteiger partial charge in [0.2, 0.25) is 0 Å². The van der Waals surface area contributed by atoms with Crippen LogP contribution in [-0.4, -0.2) is 43.6 Å². The van der Waals surface area contributed by atoms with Gasteiger partial charge in [-0.3, -0.25) is 4.79 Å². The van der Waals surface area contributed by atoms with Crippen molar-refractivity contribution >= 4 is 17.7 Å². The van der Waals surface area contributed by atoms with E-state index in [9.17, 15) is 4.79 Å². The zero-order valence-corrected chi connectivity index (χ0v) is 9.63. The lowest BCUT2D eigenvalue weighted by Crippen LogP contribution is -2.23. The Morgan fingerprint density at radius 1 is 1.60 bits per heavy atom. The Balaban J connectivity index is 1.76. The molecule has 0 radical (unpaired) electrons. The second kappa shape index (κ2) is 5.18. The van der Waals surface area contributed by atoms with Gasteiger partial charge in [0.1, 0.15) is 0 Å². The quantitative estimate of drug-likeness (QED) is 0.680. The van der Waals surface area contributed by atoms with E-state index in [0.717, 1.165) is 12.2 Å². The number of carbonyl (C=O) groups excluding carboxylic acids is 1. The van der Waals surface area contributed by atoms with Crippen molar-refractivity contribution in [2.24, 2.45) is 5.92 Å². The molecule has 2 aliphatic rings. The van der Waals surface area contributed by atoms with E-state index >= 15 is 0 Å². The van der Waals surface area contributed by atoms with Crippen LogP contribution in [0.15, 0.2) is 0 Å². The molecule has 0 saturated carbocycles. The molecule has 86 valence electrons. The molecule has 2 saturated heterocycles. The van der Waals surface area contributed by atoms with E-state index in [1.54, 1.807) is 0 Å². The molecule has 0 amide bonds. The summed E-state index contributed by atoms with van der Waals surface area (Å²) in [5, 5.41) is 0. The van der Waals surface area contributed by atoms with Crippen LogP contribution < -0.4 is 0 Å². The molecule has 0 spiro atoms. The Hall–Kier alpha value is -0.260. The van der Waals surface area contributed by atoms with E-state index in [-0.39, 0.29) is 18.4 Å². The second-order valence-corrected chi connectivity index (χ2v) is 5.01. The van der Waals surface area contributed by atoms with E-state index in [2.05, 4.69) is 4.74 Å². The van der Waals surface area contributed by atoms with Gasteiger partial charge in [0.25, 0.3) is 0 Å². The van der Waals surface area contributed by atoms with Crippen LogP contribution in [0.2, 0.25) is 0 Å². The number of methoxy groups -OCH3 is 1. The summed E-state index contributed by atoms with van der Waals surface area (Å²) in [6.07, 6.45) is 1.23. The minimum absolute atomic E-state index is 0.102. The second-order valence-electron chi connectivity index (χ2n) is 3.86. The molecule has 3 unspecified atom stereocenters. The van der Waals surface area contributed by atoms with Crippen LogP contribution in [0.3, 0.4) is 0 Å². The fourth-order valence-electron chi connectivity index (χ4n) is 1.86. The van der Waals surface area contributed by atoms with Gasteiger partial charge in [-0.1, -0.05) is 0 Å². The molecule has 0 aromatic heterocycles. The number of ether oxygens (including phenoxy) is 3. The molecule has 5 heteroatoms. The van der Waals surface area contributed by atoms with Crippen molar-refractivity contribution in [1.82, 2.24) is 0 Å². The molecule has 0 N–H and O–H groups in total. The summed E-state index contributed by atoms with van der Waals surface area (Å²) in [7, 11) is 1.39. The summed E-state index contributed by atoms with van der Waals surface area (Å²) in [6.45, 7) is 0.515. The first-order chi connectivity index (χ1) is 7.29. The molecule has 2 heterocycles. The van der Waals surface area contributed by atoms with Crippen LogP contribution in [0, 0.1) is 5.92 Å². The number of thioether (sulfide) groups is 1. The Morgan fingerprint density at radius 2 is 2.47 bits per heavy atom. The summed E-state index contributed by atoms with van der Waals surface area (Å²) < 4.78 is 15.8. The highest BCUT2D eigenvalue weighted by Gasteiger charge is 2.35. The first kappa shape index (κ1) is 11.2. The number of rotatable bonds is 3. The highest BCUT2D eigenvalue weighted by Crippen LogP contribution is 2.31. The highest BCUT2D eigenvalue weighted by molar-refractivity contribution is 7.99. The molecule has 0 aromatic rings. The smallest absolute Gasteiger partial charge is 0.308 e. The van der Waals surface area contributed by atoms with Gasteiger partial charge in [-0.05, 0) is 12.2 Å². The molecule has 4 nitrogen and oxygen atoms in total. The summed E-state index contributed by atoms with van der Waals surface area (Å²) >= 11 is 1.94. The van der Waals surface area contributed by atoms with Crippen molar-refractivity contribution in [1.29, 1.82) is 0 Å². The average molecular weight is 232 g/mol. The van der Waals surface area contributed by atoms with Gasteiger partial charge in [-0.25, -0.2) is 0 Å². The average Bonchev–Trinajstić information content (AvgIpc) is 2.85. The molecular weight excluding hydrogens is 216 g/mol. The molecule has 0 bridgehead atoms. The zero-order chi connectivity index (χ0) is 10.7. The third-order valence-corrected chi connectivity index (χ3v) is 3.93. The van der Waals surface area contributed by atoms with Gasteiger partial charge < -0.3 is 14.2 Å². The topological polar surface area (TPSA) is 44.8 Å². The molecule has 2 rings (SSSR count). The van der Waals surface area contributed by atoms with Crippen molar-refractivity contribution < 1.29 is 19.0 Å². The Labute approximate surface area is 93.6 Å². The maximum Gasteiger partial charge on any atom is 0.308 e. The number of hydrogen-bond donors (Lipinski definition) is 0. The normalized spacial score (nSPS) is 35.7. The standard InChI is InChI=1S/C10H16O4S/c1-12-9(11)4-8-5-13-10(14-8)7-2-3-15-6-7/h7-8,10H,2-6H2,1H3. The number of esters is 1. The van der Waals surface area contributed by atoms with E-state index in [1.807, 2.05) is 11.8 Å². The predicted octanol–water partition coefficient (Wildman–Crippen LogP) is 1.04. The Bertz CT molecular complexity index is 227. The molecule has 15 heavy (non-hydrogen) atoms. The van der Waals surface area contributed by atoms with Crippen LogP contribution in [0.1, 0.15) is 12.8 Å². The minimum atomic E-state index is -0.231. The number of hydrogen-bond acceptors (Lipinski definition) is 5. The van der Waals surface area contributed by atoms with Gasteiger partial charge in [0.15, 0.2) is 6.29 Å². The van der Waals surface area contributed by atoms with Gasteiger partial charge >= 0.3 is 5.97 Å². The minimum Gasteiger partial charge on any atom is -0.469 e. The van der Waals surface area contributed by atoms with Crippen molar-refractivity contribution in [2.75, 3.05) is 25.2 Å². The maximum atomic E-state index is 11.0. The van der Waals surface area contributed by atoms with Crippen LogP contribution in [-0.2, 0) is 19.0 Å². The Morgan fingerprint density at radius 3 is 3.13 bits per heavy atom. The first-order valence-corrected chi connectivity index (χ1v) is 6.36. The number of carbonyl (C=O) groups is 1. The SMILES string of the molecule is COC(=O)CC1COC(C2CCSC2)O1. The molecule has 3 atom stereocenters. The largest absolute Gasteiger partial charge is 0.469 e. The van der Waals surface area contributed by atoms with E-state index in [4.69, 9.17) is 9.47 Å². The summed E-state index contributed by atoms with van der Waals surface area (Å²) in [5.41, 5.74) is 0. The van der Waals surface area contributed by atoms with Crippen molar-refractivity contribution in [3.63, 3.8) is 0 Å². The van der Waals surface area contributed by atoms with Crippen LogP contribution >= 0.6 is 11.8 Å². The maximum absolute atomic E-state index is 11.0. The fraction of sp³-hybridized carbons (Fsp3) is 0.900. The van der Waals surface area contributed by atoms with Gasteiger partial charge in [-0.2, -0.15) is 11.8 Å². The van der Waals surface area contributed by atoms with Crippen molar-refractivity contribution in [3.8, 4) is 0 Å². The van der Waals surface area contributed by atoms with Crippen LogP contribution in [0.25, 0.3) is 0 Å². The van der Waals surface area contributed by atoms with Gasteiger partial charge in [0.05, 0.1) is 26.2 Å². The van der Waals surface area contributed by atoms with Crippen LogP contribution in [0.5, 0.6) is 0 Å². The molecular formula is C10H16O4S. The summed E-state index contributed by atoms with van der Waals surface area (Å²) in [4.78, 5) is 11.0. The first-order valence-electron chi connectivity index (χ1n) is 5.21. The van der Waals surface area contributed by atoms with E-state index < -0.39 is 0 Å². The third kappa shape index (κ3) is 2.86.